The number of anilines is 1. The first-order valence-electron chi connectivity index (χ1n) is 12.1. The Bertz CT molecular complexity index is 790. The van der Waals surface area contributed by atoms with Gasteiger partial charge in [-0.15, -0.1) is 0 Å². The van der Waals surface area contributed by atoms with E-state index in [0.29, 0.717) is 13.2 Å². The number of carbonyl (C=O) groups excluding carboxylic acids is 1. The van der Waals surface area contributed by atoms with Crippen molar-refractivity contribution in [2.24, 2.45) is 0 Å². The molecule has 32 heavy (non-hydrogen) atoms. The monoisotopic (exact) mass is 440 g/mol. The topological polar surface area (TPSA) is 59.6 Å². The van der Waals surface area contributed by atoms with Crippen molar-refractivity contribution >= 4 is 11.7 Å². The maximum atomic E-state index is 12.1. The predicted octanol–water partition coefficient (Wildman–Crippen LogP) is 7.02. The Morgan fingerprint density at radius 1 is 0.750 bits per heavy atom. The van der Waals surface area contributed by atoms with Gasteiger partial charge in [0.1, 0.15) is 18.1 Å². The minimum atomic E-state index is -0.249. The van der Waals surface area contributed by atoms with Crippen molar-refractivity contribution in [3.63, 3.8) is 0 Å². The van der Waals surface area contributed by atoms with E-state index in [1.165, 1.54) is 56.1 Å². The number of rotatable bonds is 15. The molecule has 0 saturated heterocycles. The molecule has 2 aromatic carbocycles. The van der Waals surface area contributed by atoms with Crippen LogP contribution in [-0.2, 0) is 0 Å². The second kappa shape index (κ2) is 15.2. The zero-order valence-corrected chi connectivity index (χ0v) is 20.0. The maximum Gasteiger partial charge on any atom is 0.319 e. The van der Waals surface area contributed by atoms with Crippen LogP contribution in [-0.4, -0.2) is 25.8 Å². The molecule has 0 bridgehead atoms. The number of hydrogen-bond donors (Lipinski definition) is 2. The molecule has 5 nitrogen and oxygen atoms in total. The molecule has 0 saturated carbocycles. The third-order valence-electron chi connectivity index (χ3n) is 5.51. The van der Waals surface area contributed by atoms with Crippen molar-refractivity contribution < 1.29 is 14.3 Å². The number of nitrogens with one attached hydrogen (secondary N) is 2. The molecule has 0 aliphatic rings. The highest BCUT2D eigenvalue weighted by atomic mass is 16.5. The van der Waals surface area contributed by atoms with Crippen molar-refractivity contribution in [1.29, 1.82) is 0 Å². The van der Waals surface area contributed by atoms with Gasteiger partial charge in [0, 0.05) is 5.69 Å². The van der Waals surface area contributed by atoms with Crippen LogP contribution in [0.2, 0.25) is 0 Å². The molecule has 0 radical (unpaired) electrons. The van der Waals surface area contributed by atoms with Gasteiger partial charge >= 0.3 is 6.03 Å². The highest BCUT2D eigenvalue weighted by molar-refractivity contribution is 5.89. The average molecular weight is 441 g/mol. The zero-order chi connectivity index (χ0) is 23.0. The molecular formula is C27H40N2O3. The molecule has 0 spiro atoms. The first kappa shape index (κ1) is 25.6. The van der Waals surface area contributed by atoms with Crippen LogP contribution in [0.15, 0.2) is 42.5 Å². The smallest absolute Gasteiger partial charge is 0.319 e. The lowest BCUT2D eigenvalue weighted by molar-refractivity contribution is 0.247. The molecule has 5 heteroatoms. The Morgan fingerprint density at radius 2 is 1.38 bits per heavy atom. The SMILES string of the molecule is CCCCCCCCCCOc1ccc(NC(=O)NCCOc2ccc(C)c(C)c2)cc1. The Balaban J connectivity index is 1.54. The number of amides is 2. The Labute approximate surface area is 193 Å². The van der Waals surface area contributed by atoms with E-state index in [2.05, 4.69) is 31.4 Å². The highest BCUT2D eigenvalue weighted by Crippen LogP contribution is 2.17. The van der Waals surface area contributed by atoms with E-state index in [1.54, 1.807) is 0 Å². The molecule has 0 aliphatic heterocycles. The standard InChI is InChI=1S/C27H40N2O3/c1-4-5-6-7-8-9-10-11-19-31-25-16-13-24(14-17-25)29-27(30)28-18-20-32-26-15-12-22(2)23(3)21-26/h12-17,21H,4-11,18-20H2,1-3H3,(H2,28,29,30). The van der Waals surface area contributed by atoms with Gasteiger partial charge in [-0.3, -0.25) is 0 Å². The first-order valence-corrected chi connectivity index (χ1v) is 12.1. The largest absolute Gasteiger partial charge is 0.494 e. The van der Waals surface area contributed by atoms with Gasteiger partial charge in [0.25, 0.3) is 0 Å². The van der Waals surface area contributed by atoms with Gasteiger partial charge in [0.05, 0.1) is 13.2 Å². The van der Waals surface area contributed by atoms with Crippen LogP contribution in [0.25, 0.3) is 0 Å². The second-order valence-electron chi connectivity index (χ2n) is 8.32. The number of carbonyl (C=O) groups is 1. The van der Waals surface area contributed by atoms with Gasteiger partial charge in [-0.1, -0.05) is 57.9 Å². The second-order valence-corrected chi connectivity index (χ2v) is 8.32. The van der Waals surface area contributed by atoms with Crippen molar-refractivity contribution in [1.82, 2.24) is 5.32 Å². The first-order chi connectivity index (χ1) is 15.6. The van der Waals surface area contributed by atoms with E-state index < -0.39 is 0 Å². The van der Waals surface area contributed by atoms with E-state index in [0.717, 1.165) is 30.2 Å². The van der Waals surface area contributed by atoms with Gasteiger partial charge < -0.3 is 20.1 Å². The van der Waals surface area contributed by atoms with E-state index in [4.69, 9.17) is 9.47 Å². The quantitative estimate of drug-likeness (QED) is 0.292. The summed E-state index contributed by atoms with van der Waals surface area (Å²) in [6, 6.07) is 13.2. The molecule has 0 heterocycles. The lowest BCUT2D eigenvalue weighted by atomic mass is 10.1. The lowest BCUT2D eigenvalue weighted by Gasteiger charge is -2.11. The van der Waals surface area contributed by atoms with E-state index in [9.17, 15) is 4.79 Å². The number of ether oxygens (including phenoxy) is 2. The van der Waals surface area contributed by atoms with Crippen LogP contribution in [0.4, 0.5) is 10.5 Å². The lowest BCUT2D eigenvalue weighted by Crippen LogP contribution is -2.32. The molecule has 0 aliphatic carbocycles. The molecule has 0 fully saturated rings. The predicted molar refractivity (Wildman–Crippen MR) is 133 cm³/mol. The fourth-order valence-electron chi connectivity index (χ4n) is 3.37. The summed E-state index contributed by atoms with van der Waals surface area (Å²) in [6.07, 6.45) is 10.3. The van der Waals surface area contributed by atoms with Gasteiger partial charge in [0.2, 0.25) is 0 Å². The summed E-state index contributed by atoms with van der Waals surface area (Å²) in [5.74, 6) is 1.65. The molecule has 2 aromatic rings. The summed E-state index contributed by atoms with van der Waals surface area (Å²) in [7, 11) is 0. The number of benzene rings is 2. The van der Waals surface area contributed by atoms with E-state index >= 15 is 0 Å². The molecule has 0 unspecified atom stereocenters. The normalized spacial score (nSPS) is 10.6. The van der Waals surface area contributed by atoms with Crippen LogP contribution < -0.4 is 20.1 Å². The zero-order valence-electron chi connectivity index (χ0n) is 20.0. The summed E-state index contributed by atoms with van der Waals surface area (Å²) in [6.45, 7) is 7.96. The summed E-state index contributed by atoms with van der Waals surface area (Å²) in [4.78, 5) is 12.1. The summed E-state index contributed by atoms with van der Waals surface area (Å²) < 4.78 is 11.5. The van der Waals surface area contributed by atoms with Crippen LogP contribution in [0.3, 0.4) is 0 Å². The number of aryl methyl sites for hydroxylation is 2. The fourth-order valence-corrected chi connectivity index (χ4v) is 3.37. The number of unbranched alkanes of at least 4 members (excludes halogenated alkanes) is 7. The van der Waals surface area contributed by atoms with Gasteiger partial charge in [-0.2, -0.15) is 0 Å². The maximum absolute atomic E-state index is 12.1. The number of hydrogen-bond acceptors (Lipinski definition) is 3. The summed E-state index contributed by atoms with van der Waals surface area (Å²) >= 11 is 0. The highest BCUT2D eigenvalue weighted by Gasteiger charge is 2.03. The minimum absolute atomic E-state index is 0.249. The van der Waals surface area contributed by atoms with E-state index in [-0.39, 0.29) is 6.03 Å². The van der Waals surface area contributed by atoms with Crippen LogP contribution in [0, 0.1) is 13.8 Å². The molecule has 0 aromatic heterocycles. The Morgan fingerprint density at radius 3 is 2.06 bits per heavy atom. The van der Waals surface area contributed by atoms with E-state index in [1.807, 2.05) is 42.5 Å². The molecular weight excluding hydrogens is 400 g/mol. The Hall–Kier alpha value is -2.69. The molecule has 2 rings (SSSR count). The molecule has 176 valence electrons. The molecule has 2 amide bonds. The van der Waals surface area contributed by atoms with Crippen LogP contribution in [0.5, 0.6) is 11.5 Å². The summed E-state index contributed by atoms with van der Waals surface area (Å²) in [5.41, 5.74) is 3.16. The van der Waals surface area contributed by atoms with Crippen LogP contribution in [0.1, 0.15) is 69.4 Å². The van der Waals surface area contributed by atoms with Crippen molar-refractivity contribution in [2.75, 3.05) is 25.1 Å². The van der Waals surface area contributed by atoms with Crippen molar-refractivity contribution in [3.05, 3.63) is 53.6 Å². The van der Waals surface area contributed by atoms with Gasteiger partial charge in [-0.25, -0.2) is 4.79 Å². The van der Waals surface area contributed by atoms with Crippen molar-refractivity contribution in [2.45, 2.75) is 72.1 Å². The van der Waals surface area contributed by atoms with Gasteiger partial charge in [-0.05, 0) is 67.8 Å². The average Bonchev–Trinajstić information content (AvgIpc) is 2.79. The van der Waals surface area contributed by atoms with Crippen molar-refractivity contribution in [3.8, 4) is 11.5 Å². The third kappa shape index (κ3) is 10.6. The molecule has 0 atom stereocenters. The molecule has 2 N–H and O–H groups in total. The summed E-state index contributed by atoms with van der Waals surface area (Å²) in [5, 5.41) is 5.63. The van der Waals surface area contributed by atoms with Gasteiger partial charge in [0.15, 0.2) is 0 Å². The fraction of sp³-hybridized carbons (Fsp3) is 0.519. The van der Waals surface area contributed by atoms with Crippen LogP contribution >= 0.6 is 0 Å². The third-order valence-corrected chi connectivity index (χ3v) is 5.51. The number of urea groups is 1. The Kier molecular flexibility index (Phi) is 12.1. The minimum Gasteiger partial charge on any atom is -0.494 e.